The Morgan fingerprint density at radius 3 is 2.71 bits per heavy atom. The molecule has 0 aromatic carbocycles. The molecule has 0 spiro atoms. The Hall–Kier alpha value is -2.23. The number of fused-ring (bicyclic) bond motifs is 1. The number of anilines is 1. The van der Waals surface area contributed by atoms with Crippen molar-refractivity contribution in [2.24, 2.45) is 11.8 Å². The summed E-state index contributed by atoms with van der Waals surface area (Å²) in [5.74, 6) is 1.49. The number of rotatable bonds is 7. The third kappa shape index (κ3) is 5.06. The van der Waals surface area contributed by atoms with Crippen LogP contribution < -0.4 is 10.5 Å². The molecule has 0 N–H and O–H groups in total. The fourth-order valence-corrected chi connectivity index (χ4v) is 6.09. The van der Waals surface area contributed by atoms with E-state index in [2.05, 4.69) is 18.7 Å². The number of pyridine rings is 1. The van der Waals surface area contributed by atoms with Gasteiger partial charge in [0.15, 0.2) is 0 Å². The van der Waals surface area contributed by atoms with Crippen molar-refractivity contribution in [3.63, 3.8) is 0 Å². The van der Waals surface area contributed by atoms with E-state index < -0.39 is 0 Å². The lowest BCUT2D eigenvalue weighted by Crippen LogP contribution is -2.40. The summed E-state index contributed by atoms with van der Waals surface area (Å²) in [5.41, 5.74) is 1.86. The molecule has 2 atom stereocenters. The maximum absolute atomic E-state index is 13.7. The third-order valence-electron chi connectivity index (χ3n) is 6.26. The molecule has 0 radical (unpaired) electrons. The highest BCUT2D eigenvalue weighted by molar-refractivity contribution is 8.26. The zero-order valence-electron chi connectivity index (χ0n) is 20.2. The number of hydrogen-bond acceptors (Lipinski definition) is 7. The van der Waals surface area contributed by atoms with Gasteiger partial charge in [-0.15, -0.1) is 0 Å². The molecule has 4 rings (SSSR count). The largest absolute Gasteiger partial charge is 0.382 e. The minimum atomic E-state index is -0.170. The molecule has 1 amide bonds. The molecule has 2 saturated heterocycles. The molecule has 0 saturated carbocycles. The van der Waals surface area contributed by atoms with E-state index in [0.717, 1.165) is 25.1 Å². The van der Waals surface area contributed by atoms with E-state index in [1.807, 2.05) is 26.0 Å². The fraction of sp³-hybridized carbons (Fsp3) is 0.520. The van der Waals surface area contributed by atoms with Gasteiger partial charge in [-0.3, -0.25) is 18.9 Å². The second kappa shape index (κ2) is 10.6. The van der Waals surface area contributed by atoms with Gasteiger partial charge in [0, 0.05) is 39.0 Å². The Kier molecular flexibility index (Phi) is 7.74. The maximum atomic E-state index is 13.7. The molecule has 7 nitrogen and oxygen atoms in total. The molecule has 2 aromatic rings. The number of nitrogens with zero attached hydrogens (tertiary/aromatic N) is 4. The van der Waals surface area contributed by atoms with Gasteiger partial charge in [0.1, 0.15) is 15.8 Å². The summed E-state index contributed by atoms with van der Waals surface area (Å²) < 4.78 is 7.48. The number of thiocarbonyl (C=S) groups is 1. The topological polar surface area (TPSA) is 67.2 Å². The van der Waals surface area contributed by atoms with Gasteiger partial charge >= 0.3 is 0 Å². The number of ether oxygens (including phenoxy) is 1. The summed E-state index contributed by atoms with van der Waals surface area (Å²) in [6, 6.07) is 3.80. The highest BCUT2D eigenvalue weighted by Gasteiger charge is 2.33. The second-order valence-electron chi connectivity index (χ2n) is 9.27. The van der Waals surface area contributed by atoms with Gasteiger partial charge in [0.25, 0.3) is 11.5 Å². The molecule has 2 fully saturated rings. The number of aryl methyl sites for hydroxylation is 1. The Morgan fingerprint density at radius 1 is 1.26 bits per heavy atom. The Bertz CT molecular complexity index is 1180. The Morgan fingerprint density at radius 2 is 2.00 bits per heavy atom. The number of carbonyl (C=O) groups excluding carboxylic acids is 1. The van der Waals surface area contributed by atoms with Crippen LogP contribution >= 0.6 is 24.0 Å². The minimum Gasteiger partial charge on any atom is -0.382 e. The molecule has 2 aliphatic heterocycles. The van der Waals surface area contributed by atoms with Gasteiger partial charge in [-0.1, -0.05) is 43.9 Å². The monoisotopic (exact) mass is 500 g/mol. The highest BCUT2D eigenvalue weighted by Crippen LogP contribution is 2.34. The van der Waals surface area contributed by atoms with Crippen LogP contribution in [0.4, 0.5) is 5.82 Å². The van der Waals surface area contributed by atoms with Gasteiger partial charge in [-0.25, -0.2) is 4.98 Å². The van der Waals surface area contributed by atoms with Gasteiger partial charge in [-0.05, 0) is 56.2 Å². The first kappa shape index (κ1) is 24.9. The van der Waals surface area contributed by atoms with Crippen LogP contribution in [0.3, 0.4) is 0 Å². The van der Waals surface area contributed by atoms with Crippen LogP contribution in [0.15, 0.2) is 28.0 Å². The van der Waals surface area contributed by atoms with Crippen LogP contribution in [0, 0.1) is 18.8 Å². The Balaban J connectivity index is 1.76. The number of piperidine rings is 1. The van der Waals surface area contributed by atoms with Crippen LogP contribution in [0.5, 0.6) is 0 Å². The molecule has 9 heteroatoms. The van der Waals surface area contributed by atoms with E-state index >= 15 is 0 Å². The number of aromatic nitrogens is 2. The van der Waals surface area contributed by atoms with Crippen LogP contribution in [-0.2, 0) is 9.53 Å². The average Bonchev–Trinajstić information content (AvgIpc) is 3.05. The summed E-state index contributed by atoms with van der Waals surface area (Å²) in [5, 5.41) is 0. The smallest absolute Gasteiger partial charge is 0.267 e. The van der Waals surface area contributed by atoms with E-state index in [4.69, 9.17) is 21.9 Å². The van der Waals surface area contributed by atoms with Crippen LogP contribution in [0.1, 0.15) is 44.7 Å². The van der Waals surface area contributed by atoms with Gasteiger partial charge in [0.05, 0.1) is 10.5 Å². The molecule has 0 aliphatic carbocycles. The molecule has 182 valence electrons. The average molecular weight is 501 g/mol. The molecule has 2 aliphatic rings. The molecular formula is C25H32N4O3S2. The third-order valence-corrected chi connectivity index (χ3v) is 7.63. The van der Waals surface area contributed by atoms with Crippen molar-refractivity contribution in [2.45, 2.75) is 40.5 Å². The first-order valence-electron chi connectivity index (χ1n) is 11.9. The zero-order chi connectivity index (χ0) is 24.4. The van der Waals surface area contributed by atoms with Crippen molar-refractivity contribution in [2.75, 3.05) is 37.7 Å². The van der Waals surface area contributed by atoms with Gasteiger partial charge in [-0.2, -0.15) is 0 Å². The second-order valence-corrected chi connectivity index (χ2v) is 10.9. The summed E-state index contributed by atoms with van der Waals surface area (Å²) in [4.78, 5) is 36.1. The van der Waals surface area contributed by atoms with Crippen molar-refractivity contribution in [1.82, 2.24) is 14.3 Å². The summed E-state index contributed by atoms with van der Waals surface area (Å²) in [6.45, 7) is 11.8. The van der Waals surface area contributed by atoms with E-state index in [1.54, 1.807) is 21.6 Å². The molecule has 4 heterocycles. The van der Waals surface area contributed by atoms with Crippen molar-refractivity contribution in [3.8, 4) is 0 Å². The normalized spacial score (nSPS) is 22.4. The van der Waals surface area contributed by atoms with E-state index in [0.29, 0.717) is 64.3 Å². The molecule has 0 bridgehead atoms. The predicted octanol–water partition coefficient (Wildman–Crippen LogP) is 4.11. The van der Waals surface area contributed by atoms with Crippen molar-refractivity contribution in [3.05, 3.63) is 44.7 Å². The van der Waals surface area contributed by atoms with E-state index in [1.165, 1.54) is 11.8 Å². The first-order valence-corrected chi connectivity index (χ1v) is 13.1. The minimum absolute atomic E-state index is 0.161. The standard InChI is InChI=1S/C25H32N4O3S2/c1-5-32-11-7-10-29-24(31)20(34-25(29)33)13-19-22(27-14-16(2)12-17(3)15-27)26-21-18(4)8-6-9-28(21)23(19)30/h6,8-9,13,16-17H,5,7,10-12,14-15H2,1-4H3/b20-13+. The summed E-state index contributed by atoms with van der Waals surface area (Å²) >= 11 is 6.73. The molecular weight excluding hydrogens is 468 g/mol. The molecule has 34 heavy (non-hydrogen) atoms. The SMILES string of the molecule is CCOCCCN1C(=O)/C(=C\c2c(N3CC(C)CC(C)C3)nc3c(C)cccn3c2=O)SC1=S. The number of thioether (sulfide) groups is 1. The van der Waals surface area contributed by atoms with E-state index in [-0.39, 0.29) is 11.5 Å². The lowest BCUT2D eigenvalue weighted by atomic mass is 9.91. The van der Waals surface area contributed by atoms with Crippen molar-refractivity contribution >= 4 is 51.7 Å². The molecule has 2 aromatic heterocycles. The van der Waals surface area contributed by atoms with Crippen LogP contribution in [0.2, 0.25) is 0 Å². The maximum Gasteiger partial charge on any atom is 0.267 e. The number of amides is 1. The highest BCUT2D eigenvalue weighted by atomic mass is 32.2. The summed E-state index contributed by atoms with van der Waals surface area (Å²) in [6.07, 6.45) is 5.30. The quantitative estimate of drug-likeness (QED) is 0.322. The molecule has 2 unspecified atom stereocenters. The van der Waals surface area contributed by atoms with Gasteiger partial charge in [0.2, 0.25) is 0 Å². The number of hydrogen-bond donors (Lipinski definition) is 0. The first-order chi connectivity index (χ1) is 16.3. The lowest BCUT2D eigenvalue weighted by Gasteiger charge is -2.36. The summed E-state index contributed by atoms with van der Waals surface area (Å²) in [7, 11) is 0. The van der Waals surface area contributed by atoms with Gasteiger partial charge < -0.3 is 9.64 Å². The predicted molar refractivity (Wildman–Crippen MR) is 142 cm³/mol. The lowest BCUT2D eigenvalue weighted by molar-refractivity contribution is -0.122. The van der Waals surface area contributed by atoms with Crippen LogP contribution in [0.25, 0.3) is 11.7 Å². The van der Waals surface area contributed by atoms with E-state index in [9.17, 15) is 9.59 Å². The number of carbonyl (C=O) groups is 1. The van der Waals surface area contributed by atoms with Crippen molar-refractivity contribution in [1.29, 1.82) is 0 Å². The fourth-order valence-electron chi connectivity index (χ4n) is 4.80. The van der Waals surface area contributed by atoms with Crippen LogP contribution in [-0.4, -0.2) is 57.4 Å². The Labute approximate surface area is 210 Å². The van der Waals surface area contributed by atoms with Crippen molar-refractivity contribution < 1.29 is 9.53 Å². The zero-order valence-corrected chi connectivity index (χ0v) is 21.9.